The molecule has 0 saturated heterocycles. The second kappa shape index (κ2) is 6.71. The molecule has 0 amide bonds. The van der Waals surface area contributed by atoms with E-state index in [1.807, 2.05) is 0 Å². The monoisotopic (exact) mass is 345 g/mol. The molecule has 1 aromatic carbocycles. The van der Waals surface area contributed by atoms with Gasteiger partial charge >= 0.3 is 0 Å². The van der Waals surface area contributed by atoms with Crippen molar-refractivity contribution in [3.05, 3.63) is 38.9 Å². The number of aryl methyl sites for hydroxylation is 1. The van der Waals surface area contributed by atoms with Gasteiger partial charge in [0, 0.05) is 21.5 Å². The lowest BCUT2D eigenvalue weighted by Gasteiger charge is -2.16. The number of halogens is 2. The van der Waals surface area contributed by atoms with Crippen LogP contribution < -0.4 is 0 Å². The van der Waals surface area contributed by atoms with Gasteiger partial charge in [0.1, 0.15) is 0 Å². The Morgan fingerprint density at radius 1 is 1.42 bits per heavy atom. The summed E-state index contributed by atoms with van der Waals surface area (Å²) in [6.07, 6.45) is 6.84. The van der Waals surface area contributed by atoms with E-state index in [2.05, 4.69) is 15.9 Å². The summed E-state index contributed by atoms with van der Waals surface area (Å²) in [7, 11) is 0. The zero-order valence-corrected chi connectivity index (χ0v) is 13.0. The Bertz CT molecular complexity index is 461. The average Bonchev–Trinajstić information content (AvgIpc) is 2.90. The summed E-state index contributed by atoms with van der Waals surface area (Å²) in [5, 5.41) is 11.4. The molecule has 1 fully saturated rings. The molecule has 104 valence electrons. The van der Waals surface area contributed by atoms with Gasteiger partial charge in [0.05, 0.1) is 4.92 Å². The highest BCUT2D eigenvalue weighted by atomic mass is 79.9. The molecule has 0 bridgehead atoms. The summed E-state index contributed by atoms with van der Waals surface area (Å²) in [4.78, 5) is 11.1. The van der Waals surface area contributed by atoms with Crippen molar-refractivity contribution in [2.24, 2.45) is 5.92 Å². The van der Waals surface area contributed by atoms with E-state index in [0.717, 1.165) is 24.3 Å². The van der Waals surface area contributed by atoms with Crippen molar-refractivity contribution in [3.63, 3.8) is 0 Å². The van der Waals surface area contributed by atoms with E-state index in [1.165, 1.54) is 31.7 Å². The summed E-state index contributed by atoms with van der Waals surface area (Å²) in [6.45, 7) is 0. The lowest BCUT2D eigenvalue weighted by Crippen LogP contribution is -2.12. The molecule has 1 aliphatic carbocycles. The Balaban J connectivity index is 2.00. The molecule has 0 heterocycles. The van der Waals surface area contributed by atoms with Crippen LogP contribution in [-0.4, -0.2) is 9.75 Å². The molecule has 1 unspecified atom stereocenters. The zero-order valence-electron chi connectivity index (χ0n) is 10.6. The topological polar surface area (TPSA) is 43.1 Å². The van der Waals surface area contributed by atoms with Gasteiger partial charge in [-0.3, -0.25) is 10.1 Å². The predicted molar refractivity (Wildman–Crippen MR) is 81.1 cm³/mol. The van der Waals surface area contributed by atoms with Gasteiger partial charge in [-0.25, -0.2) is 0 Å². The molecule has 0 radical (unpaired) electrons. The fourth-order valence-corrected chi connectivity index (χ4v) is 3.69. The van der Waals surface area contributed by atoms with Gasteiger partial charge in [0.15, 0.2) is 0 Å². The van der Waals surface area contributed by atoms with Crippen LogP contribution in [0.2, 0.25) is 5.02 Å². The van der Waals surface area contributed by atoms with Crippen LogP contribution in [0.1, 0.15) is 37.7 Å². The lowest BCUT2D eigenvalue weighted by molar-refractivity contribution is -0.385. The van der Waals surface area contributed by atoms with Crippen LogP contribution in [0.25, 0.3) is 0 Å². The van der Waals surface area contributed by atoms with Gasteiger partial charge in [-0.05, 0) is 37.7 Å². The second-order valence-electron chi connectivity index (χ2n) is 5.13. The van der Waals surface area contributed by atoms with Gasteiger partial charge in [-0.15, -0.1) is 0 Å². The van der Waals surface area contributed by atoms with Gasteiger partial charge in [0.25, 0.3) is 5.69 Å². The maximum Gasteiger partial charge on any atom is 0.274 e. The Morgan fingerprint density at radius 3 is 2.74 bits per heavy atom. The van der Waals surface area contributed by atoms with Crippen LogP contribution in [0.5, 0.6) is 0 Å². The average molecular weight is 347 g/mol. The minimum Gasteiger partial charge on any atom is -0.258 e. The van der Waals surface area contributed by atoms with Crippen LogP contribution in [0.15, 0.2) is 18.2 Å². The molecule has 1 atom stereocenters. The molecule has 3 nitrogen and oxygen atoms in total. The van der Waals surface area contributed by atoms with E-state index < -0.39 is 0 Å². The maximum absolute atomic E-state index is 11.0. The van der Waals surface area contributed by atoms with E-state index in [-0.39, 0.29) is 10.6 Å². The largest absolute Gasteiger partial charge is 0.274 e. The van der Waals surface area contributed by atoms with Crippen molar-refractivity contribution in [3.8, 4) is 0 Å². The van der Waals surface area contributed by atoms with Crippen LogP contribution >= 0.6 is 27.5 Å². The van der Waals surface area contributed by atoms with Gasteiger partial charge < -0.3 is 0 Å². The summed E-state index contributed by atoms with van der Waals surface area (Å²) in [5.41, 5.74) is 0.912. The number of alkyl halides is 1. The van der Waals surface area contributed by atoms with Gasteiger partial charge in [-0.1, -0.05) is 46.4 Å². The normalized spacial score (nSPS) is 17.6. The SMILES string of the molecule is O=[N+]([O-])c1cc(Cl)ccc1CCC(Br)C1CCCC1. The molecule has 0 aromatic heterocycles. The number of nitro benzene ring substituents is 1. The molecule has 5 heteroatoms. The first kappa shape index (κ1) is 14.8. The van der Waals surface area contributed by atoms with E-state index >= 15 is 0 Å². The van der Waals surface area contributed by atoms with E-state index in [9.17, 15) is 10.1 Å². The number of nitrogens with zero attached hydrogens (tertiary/aromatic N) is 1. The van der Waals surface area contributed by atoms with Gasteiger partial charge in [0.2, 0.25) is 0 Å². The molecule has 0 N–H and O–H groups in total. The minimum absolute atomic E-state index is 0.138. The number of benzene rings is 1. The number of rotatable bonds is 5. The molecule has 0 aliphatic heterocycles. The fourth-order valence-electron chi connectivity index (χ4n) is 2.77. The molecular formula is C14H17BrClNO2. The quantitative estimate of drug-likeness (QED) is 0.421. The third-order valence-corrected chi connectivity index (χ3v) is 5.29. The first-order valence-electron chi connectivity index (χ1n) is 6.65. The minimum atomic E-state index is -0.347. The summed E-state index contributed by atoms with van der Waals surface area (Å²) in [6, 6.07) is 4.94. The Kier molecular flexibility index (Phi) is 5.22. The van der Waals surface area contributed by atoms with Gasteiger partial charge in [-0.2, -0.15) is 0 Å². The van der Waals surface area contributed by atoms with E-state index in [0.29, 0.717) is 9.85 Å². The summed E-state index contributed by atoms with van der Waals surface area (Å²) >= 11 is 9.56. The zero-order chi connectivity index (χ0) is 13.8. The van der Waals surface area contributed by atoms with Crippen LogP contribution in [0.4, 0.5) is 5.69 Å². The molecule has 1 saturated carbocycles. The standard InChI is InChI=1S/C14H17BrClNO2/c15-13(10-3-1-2-4-10)8-6-11-5-7-12(16)9-14(11)17(18)19/h5,7,9-10,13H,1-4,6,8H2. The maximum atomic E-state index is 11.0. The summed E-state index contributed by atoms with van der Waals surface area (Å²) < 4.78 is 0. The molecule has 1 aliphatic rings. The number of hydrogen-bond acceptors (Lipinski definition) is 2. The second-order valence-corrected chi connectivity index (χ2v) is 6.74. The van der Waals surface area contributed by atoms with Crippen molar-refractivity contribution in [1.82, 2.24) is 0 Å². The number of hydrogen-bond donors (Lipinski definition) is 0. The third-order valence-electron chi connectivity index (χ3n) is 3.84. The Hall–Kier alpha value is -0.610. The van der Waals surface area contributed by atoms with E-state index in [1.54, 1.807) is 12.1 Å². The first-order valence-corrected chi connectivity index (χ1v) is 7.94. The van der Waals surface area contributed by atoms with Crippen LogP contribution in [-0.2, 0) is 6.42 Å². The smallest absolute Gasteiger partial charge is 0.258 e. The predicted octanol–water partition coefficient (Wildman–Crippen LogP) is 5.13. The molecule has 0 spiro atoms. The van der Waals surface area contributed by atoms with Crippen molar-refractivity contribution in [1.29, 1.82) is 0 Å². The lowest BCUT2D eigenvalue weighted by atomic mass is 9.97. The highest BCUT2D eigenvalue weighted by Crippen LogP contribution is 2.34. The Labute approximate surface area is 126 Å². The van der Waals surface area contributed by atoms with Crippen molar-refractivity contribution >= 4 is 33.2 Å². The van der Waals surface area contributed by atoms with Crippen LogP contribution in [0.3, 0.4) is 0 Å². The van der Waals surface area contributed by atoms with Crippen molar-refractivity contribution in [2.45, 2.75) is 43.4 Å². The third kappa shape index (κ3) is 3.93. The Morgan fingerprint density at radius 2 is 2.11 bits per heavy atom. The van der Waals surface area contributed by atoms with Crippen molar-refractivity contribution in [2.75, 3.05) is 0 Å². The highest BCUT2D eigenvalue weighted by Gasteiger charge is 2.23. The molecule has 1 aromatic rings. The number of nitro groups is 1. The summed E-state index contributed by atoms with van der Waals surface area (Å²) in [5.74, 6) is 0.728. The fraction of sp³-hybridized carbons (Fsp3) is 0.571. The molecular weight excluding hydrogens is 330 g/mol. The van der Waals surface area contributed by atoms with E-state index in [4.69, 9.17) is 11.6 Å². The first-order chi connectivity index (χ1) is 9.08. The highest BCUT2D eigenvalue weighted by molar-refractivity contribution is 9.09. The van der Waals surface area contributed by atoms with Crippen LogP contribution in [0, 0.1) is 16.0 Å². The molecule has 2 rings (SSSR count). The van der Waals surface area contributed by atoms with Crippen molar-refractivity contribution < 1.29 is 4.92 Å². The molecule has 19 heavy (non-hydrogen) atoms.